The van der Waals surface area contributed by atoms with Gasteiger partial charge in [0.2, 0.25) is 5.91 Å². The van der Waals surface area contributed by atoms with Gasteiger partial charge in [0.15, 0.2) is 5.16 Å². The minimum Gasteiger partial charge on any atom is -0.495 e. The van der Waals surface area contributed by atoms with E-state index in [1.54, 1.807) is 7.11 Å². The molecule has 0 radical (unpaired) electrons. The lowest BCUT2D eigenvalue weighted by atomic mass is 9.49. The molecule has 6 nitrogen and oxygen atoms in total. The molecule has 1 heterocycles. The van der Waals surface area contributed by atoms with Crippen LogP contribution in [-0.2, 0) is 17.8 Å². The second-order valence-corrected chi connectivity index (χ2v) is 10.9. The number of nitrogens with zero attached hydrogens (tertiary/aromatic N) is 3. The molecule has 0 aliphatic heterocycles. The number of hydrogen-bond acceptors (Lipinski definition) is 5. The van der Waals surface area contributed by atoms with Crippen molar-refractivity contribution in [3.8, 4) is 5.75 Å². The SMILES string of the molecule is C=CCn1c(CC23CC4CC(CC(C4)C2)C3)nnc1SCC(=O)Nc1ccccc1OC. The molecule has 4 fully saturated rings. The lowest BCUT2D eigenvalue weighted by Gasteiger charge is -2.56. The van der Waals surface area contributed by atoms with Crippen molar-refractivity contribution in [1.29, 1.82) is 0 Å². The van der Waals surface area contributed by atoms with Crippen molar-refractivity contribution < 1.29 is 9.53 Å². The van der Waals surface area contributed by atoms with E-state index in [9.17, 15) is 4.79 Å². The summed E-state index contributed by atoms with van der Waals surface area (Å²) in [5, 5.41) is 12.8. The van der Waals surface area contributed by atoms with Gasteiger partial charge in [-0.3, -0.25) is 4.79 Å². The van der Waals surface area contributed by atoms with Gasteiger partial charge in [0.1, 0.15) is 11.6 Å². The summed E-state index contributed by atoms with van der Waals surface area (Å²) in [5.74, 6) is 4.65. The number of allylic oxidation sites excluding steroid dienone is 1. The Bertz CT molecular complexity index is 966. The Morgan fingerprint density at radius 1 is 1.22 bits per heavy atom. The number of hydrogen-bond donors (Lipinski definition) is 1. The van der Waals surface area contributed by atoms with E-state index in [4.69, 9.17) is 4.74 Å². The zero-order valence-electron chi connectivity index (χ0n) is 18.8. The molecule has 1 N–H and O–H groups in total. The monoisotopic (exact) mass is 452 g/mol. The van der Waals surface area contributed by atoms with Crippen LogP contribution >= 0.6 is 11.8 Å². The third kappa shape index (κ3) is 4.32. The molecule has 4 saturated carbocycles. The molecule has 4 aliphatic rings. The van der Waals surface area contributed by atoms with Crippen LogP contribution in [0, 0.1) is 23.2 Å². The Morgan fingerprint density at radius 3 is 2.56 bits per heavy atom. The Labute approximate surface area is 194 Å². The van der Waals surface area contributed by atoms with Gasteiger partial charge < -0.3 is 14.6 Å². The van der Waals surface area contributed by atoms with Crippen LogP contribution in [0.2, 0.25) is 0 Å². The maximum atomic E-state index is 12.6. The third-order valence-electron chi connectivity index (χ3n) is 7.52. The number of aromatic nitrogens is 3. The fourth-order valence-corrected chi connectivity index (χ4v) is 7.54. The van der Waals surface area contributed by atoms with Crippen LogP contribution in [0.4, 0.5) is 5.69 Å². The van der Waals surface area contributed by atoms with Crippen molar-refractivity contribution in [2.45, 2.75) is 56.6 Å². The fraction of sp³-hybridized carbons (Fsp3) is 0.560. The second kappa shape index (κ2) is 8.93. The van der Waals surface area contributed by atoms with E-state index in [0.29, 0.717) is 23.4 Å². The molecule has 2 aromatic rings. The van der Waals surface area contributed by atoms with Gasteiger partial charge >= 0.3 is 0 Å². The number of rotatable bonds is 9. The number of anilines is 1. The molecule has 1 amide bonds. The van der Waals surface area contributed by atoms with Crippen LogP contribution in [0.1, 0.15) is 44.3 Å². The van der Waals surface area contributed by atoms with Crippen molar-refractivity contribution >= 4 is 23.4 Å². The minimum absolute atomic E-state index is 0.0877. The predicted molar refractivity (Wildman–Crippen MR) is 127 cm³/mol. The average molecular weight is 453 g/mol. The fourth-order valence-electron chi connectivity index (χ4n) is 6.78. The third-order valence-corrected chi connectivity index (χ3v) is 8.48. The summed E-state index contributed by atoms with van der Waals surface area (Å²) in [4.78, 5) is 12.6. The highest BCUT2D eigenvalue weighted by Gasteiger charge is 2.51. The topological polar surface area (TPSA) is 69.0 Å². The maximum Gasteiger partial charge on any atom is 0.234 e. The number of amides is 1. The molecule has 1 aromatic heterocycles. The summed E-state index contributed by atoms with van der Waals surface area (Å²) in [6.07, 6.45) is 11.3. The number of carbonyl (C=O) groups excluding carboxylic acids is 1. The number of carbonyl (C=O) groups is 1. The van der Waals surface area contributed by atoms with Crippen molar-refractivity contribution in [3.63, 3.8) is 0 Å². The van der Waals surface area contributed by atoms with Crippen LogP contribution in [0.3, 0.4) is 0 Å². The largest absolute Gasteiger partial charge is 0.495 e. The van der Waals surface area contributed by atoms with E-state index < -0.39 is 0 Å². The van der Waals surface area contributed by atoms with Crippen molar-refractivity contribution in [2.75, 3.05) is 18.2 Å². The van der Waals surface area contributed by atoms with Crippen LogP contribution < -0.4 is 10.1 Å². The lowest BCUT2D eigenvalue weighted by molar-refractivity contribution is -0.113. The molecule has 1 aromatic carbocycles. The van der Waals surface area contributed by atoms with Gasteiger partial charge in [-0.2, -0.15) is 0 Å². The highest BCUT2D eigenvalue weighted by atomic mass is 32.2. The Balaban J connectivity index is 1.26. The van der Waals surface area contributed by atoms with E-state index in [-0.39, 0.29) is 11.7 Å². The molecule has 7 heteroatoms. The van der Waals surface area contributed by atoms with E-state index in [0.717, 1.165) is 35.2 Å². The van der Waals surface area contributed by atoms with E-state index >= 15 is 0 Å². The zero-order valence-corrected chi connectivity index (χ0v) is 19.6. The summed E-state index contributed by atoms with van der Waals surface area (Å²) in [6.45, 7) is 4.61. The summed E-state index contributed by atoms with van der Waals surface area (Å²) in [5.41, 5.74) is 1.08. The lowest BCUT2D eigenvalue weighted by Crippen LogP contribution is -2.47. The molecule has 0 spiro atoms. The van der Waals surface area contributed by atoms with Crippen LogP contribution in [-0.4, -0.2) is 33.5 Å². The number of thioether (sulfide) groups is 1. The first kappa shape index (κ1) is 21.6. The Morgan fingerprint density at radius 2 is 1.91 bits per heavy atom. The van der Waals surface area contributed by atoms with E-state index in [1.807, 2.05) is 30.3 Å². The summed E-state index contributed by atoms with van der Waals surface area (Å²) in [7, 11) is 1.60. The molecule has 0 atom stereocenters. The molecule has 0 unspecified atom stereocenters. The first-order valence-corrected chi connectivity index (χ1v) is 12.6. The van der Waals surface area contributed by atoms with Gasteiger partial charge in [-0.1, -0.05) is 30.0 Å². The van der Waals surface area contributed by atoms with Gasteiger partial charge in [-0.15, -0.1) is 16.8 Å². The number of nitrogens with one attached hydrogen (secondary N) is 1. The highest BCUT2D eigenvalue weighted by molar-refractivity contribution is 7.99. The van der Waals surface area contributed by atoms with E-state index in [1.165, 1.54) is 50.3 Å². The number of benzene rings is 1. The quantitative estimate of drug-likeness (QED) is 0.430. The highest BCUT2D eigenvalue weighted by Crippen LogP contribution is 2.61. The predicted octanol–water partition coefficient (Wildman–Crippen LogP) is 4.96. The van der Waals surface area contributed by atoms with E-state index in [2.05, 4.69) is 26.7 Å². The average Bonchev–Trinajstić information content (AvgIpc) is 3.12. The first-order valence-electron chi connectivity index (χ1n) is 11.7. The number of para-hydroxylation sites is 2. The van der Waals surface area contributed by atoms with Gasteiger partial charge in [-0.05, 0) is 73.8 Å². The maximum absolute atomic E-state index is 12.6. The van der Waals surface area contributed by atoms with Crippen LogP contribution in [0.5, 0.6) is 5.75 Å². The van der Waals surface area contributed by atoms with Crippen molar-refractivity contribution in [2.24, 2.45) is 23.2 Å². The van der Waals surface area contributed by atoms with Crippen LogP contribution in [0.15, 0.2) is 42.1 Å². The molecule has 170 valence electrons. The molecule has 32 heavy (non-hydrogen) atoms. The van der Waals surface area contributed by atoms with Crippen molar-refractivity contribution in [3.05, 3.63) is 42.7 Å². The van der Waals surface area contributed by atoms with Gasteiger partial charge in [0.25, 0.3) is 0 Å². The standard InChI is InChI=1S/C25H32N4O2S/c1-3-8-29-22(15-25-12-17-9-18(13-25)11-19(10-17)14-25)27-28-24(29)32-16-23(30)26-20-6-4-5-7-21(20)31-2/h3-7,17-19H,1,8-16H2,2H3,(H,26,30). The Kier molecular flexibility index (Phi) is 6.01. The second-order valence-electron chi connectivity index (χ2n) is 9.93. The van der Waals surface area contributed by atoms with Crippen LogP contribution in [0.25, 0.3) is 0 Å². The van der Waals surface area contributed by atoms with Gasteiger partial charge in [-0.25, -0.2) is 0 Å². The Hall–Kier alpha value is -2.28. The molecule has 4 aliphatic carbocycles. The number of methoxy groups -OCH3 is 1. The van der Waals surface area contributed by atoms with Crippen molar-refractivity contribution in [1.82, 2.24) is 14.8 Å². The molecule has 6 rings (SSSR count). The summed E-state index contributed by atoms with van der Waals surface area (Å²) >= 11 is 1.43. The summed E-state index contributed by atoms with van der Waals surface area (Å²) in [6, 6.07) is 7.43. The van der Waals surface area contributed by atoms with Gasteiger partial charge in [0.05, 0.1) is 18.6 Å². The molecule has 0 saturated heterocycles. The minimum atomic E-state index is -0.0877. The van der Waals surface area contributed by atoms with Gasteiger partial charge in [0, 0.05) is 13.0 Å². The smallest absolute Gasteiger partial charge is 0.234 e. The normalized spacial score (nSPS) is 28.0. The first-order chi connectivity index (χ1) is 15.6. The molecule has 4 bridgehead atoms. The number of ether oxygens (including phenoxy) is 1. The summed E-state index contributed by atoms with van der Waals surface area (Å²) < 4.78 is 7.48. The zero-order chi connectivity index (χ0) is 22.1. The molecular weight excluding hydrogens is 420 g/mol. The molecular formula is C25H32N4O2S.